The number of amides is 3. The molecule has 4 heterocycles. The van der Waals surface area contributed by atoms with Crippen molar-refractivity contribution in [2.45, 2.75) is 37.1 Å². The average Bonchev–Trinajstić information content (AvgIpc) is 3.22. The van der Waals surface area contributed by atoms with Gasteiger partial charge in [-0.3, -0.25) is 0 Å². The summed E-state index contributed by atoms with van der Waals surface area (Å²) < 4.78 is 48.3. The summed E-state index contributed by atoms with van der Waals surface area (Å²) in [7, 11) is 0. The van der Waals surface area contributed by atoms with Crippen molar-refractivity contribution in [3.8, 4) is 5.88 Å². The van der Waals surface area contributed by atoms with Gasteiger partial charge in [0.05, 0.1) is 25.5 Å². The molecule has 1 saturated carbocycles. The molecule has 1 aliphatic carbocycles. The summed E-state index contributed by atoms with van der Waals surface area (Å²) in [5, 5.41) is 2.75. The number of alkyl halides is 3. The molecule has 4 fully saturated rings. The molecule has 3 saturated heterocycles. The van der Waals surface area contributed by atoms with Crippen molar-refractivity contribution in [3.63, 3.8) is 0 Å². The number of nitrogens with one attached hydrogen (secondary N) is 1. The summed E-state index contributed by atoms with van der Waals surface area (Å²) in [6, 6.07) is -0.0506. The van der Waals surface area contributed by atoms with E-state index < -0.39 is 23.5 Å². The standard InChI is InChI=1S/C18H20F3N5O4/c19-18(20,21)12-4-23-13(5-22-12)30-11-1-2-16(3-11)6-25(7-16)15(28)26-8-17(9-26)10-29-14(27)24-17/h4-5,11H,1-3,6-10H2,(H,24,27). The highest BCUT2D eigenvalue weighted by atomic mass is 19.4. The molecule has 5 rings (SSSR count). The minimum Gasteiger partial charge on any atom is -0.473 e. The summed E-state index contributed by atoms with van der Waals surface area (Å²) >= 11 is 0. The Morgan fingerprint density at radius 2 is 1.93 bits per heavy atom. The van der Waals surface area contributed by atoms with Gasteiger partial charge in [-0.2, -0.15) is 13.2 Å². The highest BCUT2D eigenvalue weighted by molar-refractivity contribution is 5.78. The Bertz CT molecular complexity index is 866. The minimum atomic E-state index is -4.53. The Balaban J connectivity index is 1.10. The van der Waals surface area contributed by atoms with E-state index in [1.807, 2.05) is 0 Å². The molecular weight excluding hydrogens is 407 g/mol. The number of rotatable bonds is 2. The molecule has 9 nitrogen and oxygen atoms in total. The van der Waals surface area contributed by atoms with Crippen molar-refractivity contribution in [1.29, 1.82) is 0 Å². The van der Waals surface area contributed by atoms with Gasteiger partial charge in [0, 0.05) is 18.5 Å². The SMILES string of the molecule is O=C1NC2(CO1)CN(C(=O)N1CC3(CCC(Oc4cnc(C(F)(F)F)cn4)C3)C1)C2. The first kappa shape index (κ1) is 19.2. The van der Waals surface area contributed by atoms with E-state index in [0.29, 0.717) is 38.8 Å². The Morgan fingerprint density at radius 1 is 1.20 bits per heavy atom. The molecule has 2 spiro atoms. The second kappa shape index (κ2) is 6.35. The molecule has 0 bridgehead atoms. The first-order chi connectivity index (χ1) is 14.2. The van der Waals surface area contributed by atoms with E-state index in [-0.39, 0.29) is 30.0 Å². The Kier molecular flexibility index (Phi) is 4.06. The number of ether oxygens (including phenoxy) is 2. The van der Waals surface area contributed by atoms with Crippen molar-refractivity contribution in [2.24, 2.45) is 5.41 Å². The van der Waals surface area contributed by atoms with E-state index >= 15 is 0 Å². The predicted molar refractivity (Wildman–Crippen MR) is 93.5 cm³/mol. The Hall–Kier alpha value is -2.79. The fourth-order valence-corrected chi connectivity index (χ4v) is 4.82. The number of hydrogen-bond acceptors (Lipinski definition) is 6. The summed E-state index contributed by atoms with van der Waals surface area (Å²) in [6.45, 7) is 2.41. The number of nitrogens with zero attached hydrogens (tertiary/aromatic N) is 4. The number of alkyl carbamates (subject to hydrolysis) is 1. The lowest BCUT2D eigenvalue weighted by molar-refractivity contribution is -0.141. The van der Waals surface area contributed by atoms with Crippen LogP contribution in [0.5, 0.6) is 5.88 Å². The number of aromatic nitrogens is 2. The van der Waals surface area contributed by atoms with Gasteiger partial charge in [-0.1, -0.05) is 0 Å². The zero-order chi connectivity index (χ0) is 21.1. The van der Waals surface area contributed by atoms with Crippen LogP contribution < -0.4 is 10.1 Å². The van der Waals surface area contributed by atoms with Crippen LogP contribution in [0.1, 0.15) is 25.0 Å². The van der Waals surface area contributed by atoms with E-state index in [1.165, 1.54) is 0 Å². The fourth-order valence-electron chi connectivity index (χ4n) is 4.82. The maximum absolute atomic E-state index is 12.6. The van der Waals surface area contributed by atoms with Gasteiger partial charge in [0.1, 0.15) is 18.2 Å². The van der Waals surface area contributed by atoms with Crippen molar-refractivity contribution < 1.29 is 32.2 Å². The van der Waals surface area contributed by atoms with E-state index in [0.717, 1.165) is 19.0 Å². The van der Waals surface area contributed by atoms with Gasteiger partial charge >= 0.3 is 18.3 Å². The average molecular weight is 427 g/mol. The number of halogens is 3. The van der Waals surface area contributed by atoms with Crippen LogP contribution in [0.2, 0.25) is 0 Å². The molecule has 1 aromatic rings. The molecule has 0 aromatic carbocycles. The first-order valence-electron chi connectivity index (χ1n) is 9.70. The van der Waals surface area contributed by atoms with Gasteiger partial charge in [0.15, 0.2) is 5.69 Å². The van der Waals surface area contributed by atoms with Crippen LogP contribution in [-0.2, 0) is 10.9 Å². The highest BCUT2D eigenvalue weighted by Gasteiger charge is 2.56. The molecule has 162 valence electrons. The number of cyclic esters (lactones) is 1. The topological polar surface area (TPSA) is 96.9 Å². The van der Waals surface area contributed by atoms with Gasteiger partial charge in [-0.05, 0) is 19.3 Å². The highest BCUT2D eigenvalue weighted by Crippen LogP contribution is 2.47. The fraction of sp³-hybridized carbons (Fsp3) is 0.667. The molecule has 30 heavy (non-hydrogen) atoms. The number of carbonyl (C=O) groups excluding carboxylic acids is 2. The van der Waals surface area contributed by atoms with Crippen molar-refractivity contribution >= 4 is 12.1 Å². The molecule has 4 aliphatic rings. The molecular formula is C18H20F3N5O4. The lowest BCUT2D eigenvalue weighted by Crippen LogP contribution is -2.73. The third-order valence-corrected chi connectivity index (χ3v) is 6.29. The van der Waals surface area contributed by atoms with Crippen LogP contribution in [0.4, 0.5) is 22.8 Å². The predicted octanol–water partition coefficient (Wildman–Crippen LogP) is 1.64. The van der Waals surface area contributed by atoms with E-state index in [4.69, 9.17) is 9.47 Å². The third kappa shape index (κ3) is 3.27. The van der Waals surface area contributed by atoms with Crippen molar-refractivity contribution in [1.82, 2.24) is 25.1 Å². The molecule has 1 unspecified atom stereocenters. The largest absolute Gasteiger partial charge is 0.473 e. The summed E-state index contributed by atoms with van der Waals surface area (Å²) in [6.07, 6.45) is -1.13. The van der Waals surface area contributed by atoms with Crippen LogP contribution in [0, 0.1) is 5.41 Å². The second-order valence-corrected chi connectivity index (χ2v) is 8.70. The zero-order valence-electron chi connectivity index (χ0n) is 15.9. The third-order valence-electron chi connectivity index (χ3n) is 6.29. The Morgan fingerprint density at radius 3 is 2.53 bits per heavy atom. The van der Waals surface area contributed by atoms with E-state index in [9.17, 15) is 22.8 Å². The van der Waals surface area contributed by atoms with Gasteiger partial charge in [0.25, 0.3) is 0 Å². The lowest BCUT2D eigenvalue weighted by atomic mass is 9.78. The quantitative estimate of drug-likeness (QED) is 0.771. The number of urea groups is 1. The maximum Gasteiger partial charge on any atom is 0.434 e. The van der Waals surface area contributed by atoms with Gasteiger partial charge < -0.3 is 24.6 Å². The zero-order valence-corrected chi connectivity index (χ0v) is 15.9. The number of carbonyl (C=O) groups is 2. The number of likely N-dealkylation sites (tertiary alicyclic amines) is 2. The number of hydrogen-bond donors (Lipinski definition) is 1. The smallest absolute Gasteiger partial charge is 0.434 e. The maximum atomic E-state index is 12.6. The molecule has 12 heteroatoms. The van der Waals surface area contributed by atoms with Crippen molar-refractivity contribution in [3.05, 3.63) is 18.1 Å². The molecule has 0 radical (unpaired) electrons. The Labute approximate surface area is 169 Å². The van der Waals surface area contributed by atoms with Crippen LogP contribution in [0.3, 0.4) is 0 Å². The minimum absolute atomic E-state index is 0.0209. The monoisotopic (exact) mass is 427 g/mol. The van der Waals surface area contributed by atoms with Crippen LogP contribution >= 0.6 is 0 Å². The van der Waals surface area contributed by atoms with Gasteiger partial charge in [-0.25, -0.2) is 19.6 Å². The molecule has 1 atom stereocenters. The van der Waals surface area contributed by atoms with Gasteiger partial charge in [0.2, 0.25) is 5.88 Å². The summed E-state index contributed by atoms with van der Waals surface area (Å²) in [4.78, 5) is 34.4. The lowest BCUT2D eigenvalue weighted by Gasteiger charge is -2.53. The molecule has 1 N–H and O–H groups in total. The van der Waals surface area contributed by atoms with Crippen LogP contribution in [0.25, 0.3) is 0 Å². The normalized spacial score (nSPS) is 26.2. The molecule has 1 aromatic heterocycles. The van der Waals surface area contributed by atoms with Crippen LogP contribution in [-0.4, -0.2) is 76.3 Å². The molecule has 3 aliphatic heterocycles. The second-order valence-electron chi connectivity index (χ2n) is 8.70. The first-order valence-corrected chi connectivity index (χ1v) is 9.70. The summed E-state index contributed by atoms with van der Waals surface area (Å²) in [5.41, 5.74) is -1.51. The van der Waals surface area contributed by atoms with Crippen molar-refractivity contribution in [2.75, 3.05) is 32.8 Å². The van der Waals surface area contributed by atoms with Crippen LogP contribution in [0.15, 0.2) is 12.4 Å². The summed E-state index contributed by atoms with van der Waals surface area (Å²) in [5.74, 6) is 0.0732. The van der Waals surface area contributed by atoms with E-state index in [1.54, 1.807) is 9.80 Å². The van der Waals surface area contributed by atoms with E-state index in [2.05, 4.69) is 15.3 Å². The van der Waals surface area contributed by atoms with Gasteiger partial charge in [-0.15, -0.1) is 0 Å². The molecule has 3 amide bonds.